The average Bonchev–Trinajstić information content (AvgIpc) is 3.32. The Balaban J connectivity index is 1.73. The lowest BCUT2D eigenvalue weighted by atomic mass is 10.2. The molecule has 142 valence electrons. The van der Waals surface area contributed by atoms with Crippen molar-refractivity contribution in [2.24, 2.45) is 0 Å². The van der Waals surface area contributed by atoms with E-state index in [9.17, 15) is 13.2 Å². The Morgan fingerprint density at radius 2 is 2.07 bits per heavy atom. The van der Waals surface area contributed by atoms with Gasteiger partial charge in [0.15, 0.2) is 9.84 Å². The molecule has 1 fully saturated rings. The van der Waals surface area contributed by atoms with Gasteiger partial charge in [-0.25, -0.2) is 8.42 Å². The van der Waals surface area contributed by atoms with Crippen molar-refractivity contribution in [3.8, 4) is 0 Å². The van der Waals surface area contributed by atoms with Crippen LogP contribution in [0.1, 0.15) is 21.0 Å². The monoisotopic (exact) mass is 459 g/mol. The SMILES string of the molecule is O=C(c1sc2cc(Cl)ccc2c1Cl)N(Cc1cccs1)[C@H]1CCS(=O)(=O)C1. The van der Waals surface area contributed by atoms with Crippen molar-refractivity contribution in [3.63, 3.8) is 0 Å². The summed E-state index contributed by atoms with van der Waals surface area (Å²) in [4.78, 5) is 16.5. The van der Waals surface area contributed by atoms with E-state index in [2.05, 4.69) is 0 Å². The van der Waals surface area contributed by atoms with E-state index in [1.165, 1.54) is 11.3 Å². The molecule has 0 aliphatic carbocycles. The maximum absolute atomic E-state index is 13.4. The highest BCUT2D eigenvalue weighted by Crippen LogP contribution is 2.38. The van der Waals surface area contributed by atoms with Crippen LogP contribution in [0.15, 0.2) is 35.7 Å². The summed E-state index contributed by atoms with van der Waals surface area (Å²) in [6.45, 7) is 0.377. The van der Waals surface area contributed by atoms with E-state index in [1.54, 1.807) is 34.4 Å². The number of halogens is 2. The predicted molar refractivity (Wildman–Crippen MR) is 113 cm³/mol. The van der Waals surface area contributed by atoms with E-state index < -0.39 is 9.84 Å². The van der Waals surface area contributed by atoms with Crippen LogP contribution in [0.5, 0.6) is 0 Å². The second-order valence-electron chi connectivity index (χ2n) is 6.45. The number of rotatable bonds is 4. The van der Waals surface area contributed by atoms with E-state index in [0.29, 0.717) is 27.9 Å². The Morgan fingerprint density at radius 1 is 1.26 bits per heavy atom. The smallest absolute Gasteiger partial charge is 0.266 e. The van der Waals surface area contributed by atoms with Gasteiger partial charge in [-0.1, -0.05) is 35.3 Å². The number of fused-ring (bicyclic) bond motifs is 1. The number of carbonyl (C=O) groups is 1. The van der Waals surface area contributed by atoms with Crippen LogP contribution in [-0.4, -0.2) is 36.8 Å². The van der Waals surface area contributed by atoms with Gasteiger partial charge in [0, 0.05) is 26.0 Å². The molecule has 27 heavy (non-hydrogen) atoms. The third kappa shape index (κ3) is 3.89. The maximum atomic E-state index is 13.4. The molecule has 1 amide bonds. The van der Waals surface area contributed by atoms with Gasteiger partial charge >= 0.3 is 0 Å². The molecule has 0 unspecified atom stereocenters. The molecule has 0 N–H and O–H groups in total. The van der Waals surface area contributed by atoms with Gasteiger partial charge in [0.1, 0.15) is 4.88 Å². The molecule has 0 radical (unpaired) electrons. The van der Waals surface area contributed by atoms with Crippen LogP contribution in [-0.2, 0) is 16.4 Å². The van der Waals surface area contributed by atoms with Crippen LogP contribution < -0.4 is 0 Å². The minimum Gasteiger partial charge on any atom is -0.329 e. The Hall–Kier alpha value is -1.12. The molecule has 1 atom stereocenters. The first kappa shape index (κ1) is 19.2. The molecule has 0 spiro atoms. The number of amides is 1. The first-order valence-electron chi connectivity index (χ1n) is 8.25. The lowest BCUT2D eigenvalue weighted by Crippen LogP contribution is -2.40. The molecular formula is C18H15Cl2NO3S3. The van der Waals surface area contributed by atoms with E-state index in [-0.39, 0.29) is 23.5 Å². The molecule has 9 heteroatoms. The standard InChI is InChI=1S/C18H15Cl2NO3S3/c19-11-3-4-14-15(8-11)26-17(16(14)20)18(22)21(9-13-2-1-6-25-13)12-5-7-27(23,24)10-12/h1-4,6,8,12H,5,7,9-10H2/t12-/m0/s1. The van der Waals surface area contributed by atoms with Gasteiger partial charge in [0.2, 0.25) is 0 Å². The van der Waals surface area contributed by atoms with Crippen molar-refractivity contribution in [2.45, 2.75) is 19.0 Å². The largest absolute Gasteiger partial charge is 0.329 e. The fourth-order valence-corrected chi connectivity index (χ4v) is 7.44. The highest BCUT2D eigenvalue weighted by Gasteiger charge is 2.36. The molecule has 0 saturated carbocycles. The lowest BCUT2D eigenvalue weighted by Gasteiger charge is -2.27. The normalized spacial score (nSPS) is 18.8. The fourth-order valence-electron chi connectivity index (χ4n) is 3.27. The quantitative estimate of drug-likeness (QED) is 0.545. The Labute approximate surface area is 175 Å². The molecule has 1 saturated heterocycles. The van der Waals surface area contributed by atoms with Crippen molar-refractivity contribution in [1.82, 2.24) is 4.90 Å². The van der Waals surface area contributed by atoms with Crippen LogP contribution >= 0.6 is 45.9 Å². The first-order chi connectivity index (χ1) is 12.8. The van der Waals surface area contributed by atoms with Crippen molar-refractivity contribution in [3.05, 3.63) is 55.5 Å². The number of hydrogen-bond donors (Lipinski definition) is 0. The summed E-state index contributed by atoms with van der Waals surface area (Å²) in [5, 5.41) is 3.70. The van der Waals surface area contributed by atoms with Gasteiger partial charge in [-0.3, -0.25) is 4.79 Å². The third-order valence-electron chi connectivity index (χ3n) is 4.60. The molecule has 4 nitrogen and oxygen atoms in total. The molecule has 3 aromatic rings. The van der Waals surface area contributed by atoms with Crippen LogP contribution in [0, 0.1) is 0 Å². The summed E-state index contributed by atoms with van der Waals surface area (Å²) >= 11 is 15.4. The van der Waals surface area contributed by atoms with Crippen LogP contribution in [0.4, 0.5) is 0 Å². The second-order valence-corrected chi connectivity index (χ2v) is 11.6. The number of benzene rings is 1. The van der Waals surface area contributed by atoms with Gasteiger partial charge in [0.05, 0.1) is 23.1 Å². The Bertz CT molecular complexity index is 1110. The Morgan fingerprint density at radius 3 is 2.74 bits per heavy atom. The molecule has 0 bridgehead atoms. The summed E-state index contributed by atoms with van der Waals surface area (Å²) in [5.41, 5.74) is 0. The highest BCUT2D eigenvalue weighted by molar-refractivity contribution is 7.91. The summed E-state index contributed by atoms with van der Waals surface area (Å²) in [6.07, 6.45) is 0.452. The van der Waals surface area contributed by atoms with E-state index >= 15 is 0 Å². The summed E-state index contributed by atoms with van der Waals surface area (Å²) < 4.78 is 24.8. The predicted octanol–water partition coefficient (Wildman–Crippen LogP) is 5.10. The maximum Gasteiger partial charge on any atom is 0.266 e. The summed E-state index contributed by atoms with van der Waals surface area (Å²) in [7, 11) is -3.11. The molecule has 3 heterocycles. The zero-order valence-electron chi connectivity index (χ0n) is 14.0. The zero-order valence-corrected chi connectivity index (χ0v) is 18.0. The average molecular weight is 460 g/mol. The molecule has 2 aromatic heterocycles. The van der Waals surface area contributed by atoms with E-state index in [4.69, 9.17) is 23.2 Å². The molecule has 1 aromatic carbocycles. The fraction of sp³-hybridized carbons (Fsp3) is 0.278. The van der Waals surface area contributed by atoms with Gasteiger partial charge < -0.3 is 4.90 Å². The second kappa shape index (κ2) is 7.37. The third-order valence-corrected chi connectivity index (χ3v) is 9.09. The molecule has 1 aliphatic rings. The summed E-state index contributed by atoms with van der Waals surface area (Å²) in [5.74, 6) is -0.118. The number of sulfone groups is 1. The molecule has 1 aliphatic heterocycles. The van der Waals surface area contributed by atoms with Gasteiger partial charge in [0.25, 0.3) is 5.91 Å². The minimum atomic E-state index is -3.11. The summed E-state index contributed by atoms with van der Waals surface area (Å²) in [6, 6.07) is 8.85. The van der Waals surface area contributed by atoms with Gasteiger partial charge in [-0.2, -0.15) is 0 Å². The van der Waals surface area contributed by atoms with Gasteiger partial charge in [-0.05, 0) is 30.0 Å². The van der Waals surface area contributed by atoms with Crippen LogP contribution in [0.3, 0.4) is 0 Å². The van der Waals surface area contributed by atoms with E-state index in [1.807, 2.05) is 17.5 Å². The zero-order chi connectivity index (χ0) is 19.2. The lowest BCUT2D eigenvalue weighted by molar-refractivity contribution is 0.0688. The molecule has 4 rings (SSSR count). The highest BCUT2D eigenvalue weighted by atomic mass is 35.5. The van der Waals surface area contributed by atoms with Gasteiger partial charge in [-0.15, -0.1) is 22.7 Å². The van der Waals surface area contributed by atoms with E-state index in [0.717, 1.165) is 15.0 Å². The van der Waals surface area contributed by atoms with Crippen LogP contribution in [0.25, 0.3) is 10.1 Å². The number of carbonyl (C=O) groups excluding carboxylic acids is 1. The number of nitrogens with zero attached hydrogens (tertiary/aromatic N) is 1. The Kier molecular flexibility index (Phi) is 5.24. The van der Waals surface area contributed by atoms with Crippen molar-refractivity contribution >= 4 is 71.7 Å². The topological polar surface area (TPSA) is 54.5 Å². The van der Waals surface area contributed by atoms with Crippen molar-refractivity contribution in [2.75, 3.05) is 11.5 Å². The first-order valence-corrected chi connectivity index (χ1v) is 12.5. The number of hydrogen-bond acceptors (Lipinski definition) is 5. The molecular weight excluding hydrogens is 445 g/mol. The van der Waals surface area contributed by atoms with Crippen molar-refractivity contribution < 1.29 is 13.2 Å². The number of thiophene rings is 2. The van der Waals surface area contributed by atoms with Crippen molar-refractivity contribution in [1.29, 1.82) is 0 Å². The minimum absolute atomic E-state index is 0.00153. The van der Waals surface area contributed by atoms with Crippen LogP contribution in [0.2, 0.25) is 10.0 Å².